The Morgan fingerprint density at radius 2 is 1.44 bits per heavy atom. The van der Waals surface area contributed by atoms with E-state index >= 15 is 0 Å². The molecule has 1 aromatic heterocycles. The van der Waals surface area contributed by atoms with Gasteiger partial charge in [0.15, 0.2) is 0 Å². The van der Waals surface area contributed by atoms with Crippen LogP contribution in [0, 0.1) is 0 Å². The van der Waals surface area contributed by atoms with Crippen LogP contribution in [0.3, 0.4) is 0 Å². The fourth-order valence-electron chi connectivity index (χ4n) is 5.46. The number of aryl methyl sites for hydroxylation is 1. The van der Waals surface area contributed by atoms with E-state index in [1.165, 1.54) is 12.0 Å². The molecule has 0 saturated carbocycles. The maximum absolute atomic E-state index is 13.8. The summed E-state index contributed by atoms with van der Waals surface area (Å²) < 4.78 is 6.93. The molecular formula is C37H40N4O4. The molecule has 5 rings (SSSR count). The third-order valence-corrected chi connectivity index (χ3v) is 8.08. The number of methoxy groups -OCH3 is 1. The number of hydrogen-bond donors (Lipinski definition) is 0. The van der Waals surface area contributed by atoms with Gasteiger partial charge in [-0.05, 0) is 53.3 Å². The molecule has 0 N–H and O–H groups in total. The van der Waals surface area contributed by atoms with Gasteiger partial charge in [-0.3, -0.25) is 14.6 Å². The molecule has 0 unspecified atom stereocenters. The van der Waals surface area contributed by atoms with Gasteiger partial charge in [0, 0.05) is 19.5 Å². The molecule has 1 fully saturated rings. The number of hydrogen-bond acceptors (Lipinski definition) is 5. The highest BCUT2D eigenvalue weighted by Gasteiger charge is 2.40. The molecule has 4 aromatic rings. The minimum Gasteiger partial charge on any atom is -0.465 e. The van der Waals surface area contributed by atoms with Crippen LogP contribution < -0.4 is 0 Å². The molecule has 0 aliphatic carbocycles. The number of carbonyl (C=O) groups is 3. The molecule has 2 heterocycles. The predicted molar refractivity (Wildman–Crippen MR) is 175 cm³/mol. The Bertz CT molecular complexity index is 1660. The molecule has 3 aromatic carbocycles. The monoisotopic (exact) mass is 604 g/mol. The molecule has 3 amide bonds. The zero-order valence-corrected chi connectivity index (χ0v) is 26.2. The number of imide groups is 1. The van der Waals surface area contributed by atoms with Crippen molar-refractivity contribution in [2.45, 2.75) is 59.0 Å². The number of unbranched alkanes of at least 4 members (excludes halogenated alkanes) is 2. The van der Waals surface area contributed by atoms with E-state index in [2.05, 4.69) is 23.6 Å². The molecule has 45 heavy (non-hydrogen) atoms. The maximum Gasteiger partial charge on any atom is 0.337 e. The van der Waals surface area contributed by atoms with Crippen LogP contribution in [0.25, 0.3) is 17.2 Å². The van der Waals surface area contributed by atoms with Crippen molar-refractivity contribution in [1.29, 1.82) is 0 Å². The van der Waals surface area contributed by atoms with Crippen molar-refractivity contribution in [2.75, 3.05) is 13.7 Å². The molecule has 8 heteroatoms. The van der Waals surface area contributed by atoms with E-state index in [1.54, 1.807) is 29.3 Å². The van der Waals surface area contributed by atoms with Gasteiger partial charge in [-0.25, -0.2) is 14.6 Å². The quantitative estimate of drug-likeness (QED) is 0.0906. The normalized spacial score (nSPS) is 14.1. The largest absolute Gasteiger partial charge is 0.465 e. The summed E-state index contributed by atoms with van der Waals surface area (Å²) in [5, 5.41) is 0. The first kappa shape index (κ1) is 31.4. The Kier molecular flexibility index (Phi) is 10.2. The van der Waals surface area contributed by atoms with Gasteiger partial charge >= 0.3 is 12.0 Å². The van der Waals surface area contributed by atoms with E-state index in [9.17, 15) is 14.4 Å². The molecule has 8 nitrogen and oxygen atoms in total. The number of benzene rings is 3. The molecule has 0 radical (unpaired) electrons. The van der Waals surface area contributed by atoms with Crippen LogP contribution in [0.15, 0.2) is 90.8 Å². The Balaban J connectivity index is 1.48. The zero-order chi connectivity index (χ0) is 31.8. The van der Waals surface area contributed by atoms with Gasteiger partial charge < -0.3 is 9.30 Å². The van der Waals surface area contributed by atoms with Crippen molar-refractivity contribution < 1.29 is 19.1 Å². The maximum atomic E-state index is 13.8. The second-order valence-electron chi connectivity index (χ2n) is 11.2. The lowest BCUT2D eigenvalue weighted by Crippen LogP contribution is -2.33. The lowest BCUT2D eigenvalue weighted by molar-refractivity contribution is -0.123. The lowest BCUT2D eigenvalue weighted by atomic mass is 10.0. The number of amides is 3. The number of aromatic nitrogens is 2. The second kappa shape index (κ2) is 14.7. The fourth-order valence-corrected chi connectivity index (χ4v) is 5.46. The van der Waals surface area contributed by atoms with Gasteiger partial charge in [0.1, 0.15) is 11.5 Å². The summed E-state index contributed by atoms with van der Waals surface area (Å²) in [6.45, 7) is 5.34. The van der Waals surface area contributed by atoms with Gasteiger partial charge in [-0.15, -0.1) is 0 Å². The number of nitrogens with zero attached hydrogens (tertiary/aromatic N) is 4. The fraction of sp³-hybridized carbons (Fsp3) is 0.297. The van der Waals surface area contributed by atoms with Gasteiger partial charge in [0.25, 0.3) is 5.91 Å². The third kappa shape index (κ3) is 7.23. The molecule has 232 valence electrons. The second-order valence-corrected chi connectivity index (χ2v) is 11.2. The first-order valence-corrected chi connectivity index (χ1v) is 15.6. The summed E-state index contributed by atoms with van der Waals surface area (Å²) in [5.74, 6) is 0.230. The number of urea groups is 1. The number of ether oxygens (including phenoxy) is 1. The SMILES string of the molecule is CCCCc1ncc(/C=C2/C(=O)N(CCCC)C(=O)N2Cc2ccc(-c3ccccc3)cc2)n1Cc1ccc(C(=O)OC)cc1. The summed E-state index contributed by atoms with van der Waals surface area (Å²) in [5.41, 5.74) is 5.69. The summed E-state index contributed by atoms with van der Waals surface area (Å²) in [7, 11) is 1.36. The van der Waals surface area contributed by atoms with E-state index in [0.717, 1.165) is 65.9 Å². The number of carbonyl (C=O) groups excluding carboxylic acids is 3. The first-order valence-electron chi connectivity index (χ1n) is 15.6. The molecule has 0 spiro atoms. The van der Waals surface area contributed by atoms with E-state index in [1.807, 2.05) is 61.5 Å². The lowest BCUT2D eigenvalue weighted by Gasteiger charge is -2.18. The van der Waals surface area contributed by atoms with Gasteiger partial charge in [0.05, 0.1) is 31.1 Å². The van der Waals surface area contributed by atoms with Gasteiger partial charge in [0.2, 0.25) is 0 Å². The Morgan fingerprint density at radius 1 is 0.800 bits per heavy atom. The predicted octanol–water partition coefficient (Wildman–Crippen LogP) is 7.33. The number of rotatable bonds is 13. The molecular weight excluding hydrogens is 564 g/mol. The zero-order valence-electron chi connectivity index (χ0n) is 26.2. The smallest absolute Gasteiger partial charge is 0.337 e. The first-order chi connectivity index (χ1) is 21.9. The highest BCUT2D eigenvalue weighted by atomic mass is 16.5. The number of esters is 1. The van der Waals surface area contributed by atoms with E-state index < -0.39 is 0 Å². The van der Waals surface area contributed by atoms with E-state index in [4.69, 9.17) is 9.72 Å². The molecule has 1 saturated heterocycles. The van der Waals surface area contributed by atoms with Crippen molar-refractivity contribution >= 4 is 24.0 Å². The summed E-state index contributed by atoms with van der Waals surface area (Å²) in [6, 6.07) is 25.2. The van der Waals surface area contributed by atoms with E-state index in [0.29, 0.717) is 24.4 Å². The van der Waals surface area contributed by atoms with Crippen LogP contribution in [-0.4, -0.2) is 50.9 Å². The Labute approximate surface area is 265 Å². The van der Waals surface area contributed by atoms with Crippen molar-refractivity contribution in [3.8, 4) is 11.1 Å². The highest BCUT2D eigenvalue weighted by Crippen LogP contribution is 2.28. The van der Waals surface area contributed by atoms with Gasteiger partial charge in [-0.1, -0.05) is 93.4 Å². The molecule has 1 aliphatic heterocycles. The van der Waals surface area contributed by atoms with Crippen molar-refractivity contribution in [3.63, 3.8) is 0 Å². The minimum atomic E-state index is -0.384. The standard InChI is InChI=1S/C37H40N4O4/c1-4-6-13-34-38-24-32(40(34)25-27-16-20-31(21-17-27)36(43)45-3)23-33-35(42)39(22-7-5-2)37(44)41(33)26-28-14-18-30(19-15-28)29-11-9-8-10-12-29/h8-12,14-21,23-24H,4-7,13,22,25-26H2,1-3H3/b33-23-. The average molecular weight is 605 g/mol. The van der Waals surface area contributed by atoms with Crippen LogP contribution >= 0.6 is 0 Å². The Morgan fingerprint density at radius 3 is 2.11 bits per heavy atom. The van der Waals surface area contributed by atoms with Crippen molar-refractivity contribution in [1.82, 2.24) is 19.4 Å². The highest BCUT2D eigenvalue weighted by molar-refractivity contribution is 6.13. The number of imidazole rings is 1. The minimum absolute atomic E-state index is 0.278. The molecule has 0 bridgehead atoms. The van der Waals surface area contributed by atoms with Crippen LogP contribution in [0.4, 0.5) is 4.79 Å². The van der Waals surface area contributed by atoms with Crippen LogP contribution in [0.2, 0.25) is 0 Å². The average Bonchev–Trinajstić information content (AvgIpc) is 3.55. The summed E-state index contributed by atoms with van der Waals surface area (Å²) >= 11 is 0. The van der Waals surface area contributed by atoms with Crippen LogP contribution in [0.5, 0.6) is 0 Å². The van der Waals surface area contributed by atoms with Crippen molar-refractivity contribution in [2.24, 2.45) is 0 Å². The van der Waals surface area contributed by atoms with E-state index in [-0.39, 0.29) is 24.5 Å². The van der Waals surface area contributed by atoms with Crippen LogP contribution in [-0.2, 0) is 29.0 Å². The Hall–Kier alpha value is -4.98. The third-order valence-electron chi connectivity index (χ3n) is 8.08. The molecule has 0 atom stereocenters. The molecule has 1 aliphatic rings. The van der Waals surface area contributed by atoms with Crippen molar-refractivity contribution in [3.05, 3.63) is 119 Å². The van der Waals surface area contributed by atoms with Gasteiger partial charge in [-0.2, -0.15) is 0 Å². The summed E-state index contributed by atoms with van der Waals surface area (Å²) in [4.78, 5) is 47.1. The van der Waals surface area contributed by atoms with Crippen LogP contribution in [0.1, 0.15) is 72.5 Å². The topological polar surface area (TPSA) is 84.7 Å². The summed E-state index contributed by atoms with van der Waals surface area (Å²) in [6.07, 6.45) is 7.97.